The second-order valence-electron chi connectivity index (χ2n) is 4.63. The van der Waals surface area contributed by atoms with Crippen LogP contribution in [0.1, 0.15) is 11.1 Å². The van der Waals surface area contributed by atoms with Gasteiger partial charge in [0, 0.05) is 12.7 Å². The molecule has 2 heteroatoms. The van der Waals surface area contributed by atoms with Crippen molar-refractivity contribution < 1.29 is 4.74 Å². The molecule has 0 bridgehead atoms. The van der Waals surface area contributed by atoms with Crippen LogP contribution >= 0.6 is 0 Å². The molecule has 15 heavy (non-hydrogen) atoms. The predicted octanol–water partition coefficient (Wildman–Crippen LogP) is 3.06. The molecule has 1 nitrogen and oxygen atoms in total. The molecule has 0 aliphatic carbocycles. The molecular weight excluding hydrogens is 200 g/mol. The van der Waals surface area contributed by atoms with E-state index < -0.39 is 8.07 Å². The third-order valence-electron chi connectivity index (χ3n) is 1.82. The molecule has 1 aromatic carbocycles. The zero-order valence-corrected chi connectivity index (χ0v) is 10.9. The van der Waals surface area contributed by atoms with Gasteiger partial charge in [0.2, 0.25) is 0 Å². The lowest BCUT2D eigenvalue weighted by atomic mass is 10.1. The van der Waals surface area contributed by atoms with E-state index in [1.54, 1.807) is 7.11 Å². The van der Waals surface area contributed by atoms with Crippen molar-refractivity contribution in [1.82, 2.24) is 0 Å². The molecule has 80 valence electrons. The highest BCUT2D eigenvalue weighted by molar-refractivity contribution is 6.83. The molecule has 0 aliphatic heterocycles. The fourth-order valence-corrected chi connectivity index (χ4v) is 1.68. The monoisotopic (exact) mass is 218 g/mol. The molecule has 0 aromatic heterocycles. The zero-order chi connectivity index (χ0) is 11.3. The van der Waals surface area contributed by atoms with Gasteiger partial charge in [-0.05, 0) is 17.7 Å². The van der Waals surface area contributed by atoms with E-state index in [1.807, 2.05) is 12.1 Å². The van der Waals surface area contributed by atoms with Gasteiger partial charge in [-0.15, -0.1) is 5.54 Å². The summed E-state index contributed by atoms with van der Waals surface area (Å²) in [6.45, 7) is 7.40. The number of hydrogen-bond acceptors (Lipinski definition) is 1. The van der Waals surface area contributed by atoms with E-state index in [0.29, 0.717) is 6.61 Å². The smallest absolute Gasteiger partial charge is 0.129 e. The van der Waals surface area contributed by atoms with Crippen LogP contribution in [0.25, 0.3) is 0 Å². The van der Waals surface area contributed by atoms with Gasteiger partial charge in [0.05, 0.1) is 6.61 Å². The summed E-state index contributed by atoms with van der Waals surface area (Å²) in [6, 6.07) is 8.23. The van der Waals surface area contributed by atoms with Crippen molar-refractivity contribution in [2.75, 3.05) is 7.11 Å². The van der Waals surface area contributed by atoms with E-state index in [-0.39, 0.29) is 0 Å². The zero-order valence-electron chi connectivity index (χ0n) is 9.92. The fourth-order valence-electron chi connectivity index (χ4n) is 1.17. The first-order chi connectivity index (χ1) is 7.01. The SMILES string of the molecule is COCc1cccc(C#C[Si](C)(C)C)c1. The number of benzene rings is 1. The second-order valence-corrected chi connectivity index (χ2v) is 9.38. The van der Waals surface area contributed by atoms with Gasteiger partial charge in [0.1, 0.15) is 8.07 Å². The third kappa shape index (κ3) is 4.82. The van der Waals surface area contributed by atoms with Gasteiger partial charge < -0.3 is 4.74 Å². The Labute approximate surface area is 93.5 Å². The number of rotatable bonds is 2. The molecule has 0 atom stereocenters. The maximum absolute atomic E-state index is 5.09. The maximum atomic E-state index is 5.09. The van der Waals surface area contributed by atoms with Crippen molar-refractivity contribution in [3.8, 4) is 11.5 Å². The van der Waals surface area contributed by atoms with Gasteiger partial charge in [-0.1, -0.05) is 37.7 Å². The normalized spacial score (nSPS) is 10.7. The Morgan fingerprint density at radius 1 is 1.27 bits per heavy atom. The quantitative estimate of drug-likeness (QED) is 0.547. The topological polar surface area (TPSA) is 9.23 Å². The third-order valence-corrected chi connectivity index (χ3v) is 2.69. The lowest BCUT2D eigenvalue weighted by Crippen LogP contribution is -2.16. The molecular formula is C13H18OSi. The summed E-state index contributed by atoms with van der Waals surface area (Å²) in [5.41, 5.74) is 5.63. The van der Waals surface area contributed by atoms with Crippen molar-refractivity contribution in [2.45, 2.75) is 26.2 Å². The molecule has 0 N–H and O–H groups in total. The highest BCUT2D eigenvalue weighted by Crippen LogP contribution is 2.06. The van der Waals surface area contributed by atoms with E-state index in [9.17, 15) is 0 Å². The van der Waals surface area contributed by atoms with Crippen molar-refractivity contribution in [3.63, 3.8) is 0 Å². The number of methoxy groups -OCH3 is 1. The van der Waals surface area contributed by atoms with Crippen LogP contribution in [0.4, 0.5) is 0 Å². The van der Waals surface area contributed by atoms with Crippen LogP contribution in [0.2, 0.25) is 19.6 Å². The molecule has 0 amide bonds. The van der Waals surface area contributed by atoms with Crippen molar-refractivity contribution in [1.29, 1.82) is 0 Å². The highest BCUT2D eigenvalue weighted by atomic mass is 28.3. The fraction of sp³-hybridized carbons (Fsp3) is 0.385. The van der Waals surface area contributed by atoms with Crippen LogP contribution in [0.3, 0.4) is 0 Å². The van der Waals surface area contributed by atoms with Gasteiger partial charge in [0.15, 0.2) is 0 Å². The van der Waals surface area contributed by atoms with E-state index >= 15 is 0 Å². The molecule has 0 unspecified atom stereocenters. The van der Waals surface area contributed by atoms with Crippen LogP contribution in [0.5, 0.6) is 0 Å². The summed E-state index contributed by atoms with van der Waals surface area (Å²) in [4.78, 5) is 0. The van der Waals surface area contributed by atoms with Crippen LogP contribution < -0.4 is 0 Å². The Morgan fingerprint density at radius 3 is 2.60 bits per heavy atom. The molecule has 0 fully saturated rings. The van der Waals surface area contributed by atoms with Gasteiger partial charge in [-0.25, -0.2) is 0 Å². The number of hydrogen-bond donors (Lipinski definition) is 0. The lowest BCUT2D eigenvalue weighted by Gasteiger charge is -2.04. The Kier molecular flexibility index (Phi) is 4.13. The van der Waals surface area contributed by atoms with E-state index in [4.69, 9.17) is 4.74 Å². The van der Waals surface area contributed by atoms with Crippen molar-refractivity contribution in [3.05, 3.63) is 35.4 Å². The Morgan fingerprint density at radius 2 is 2.00 bits per heavy atom. The second kappa shape index (κ2) is 5.15. The minimum Gasteiger partial charge on any atom is -0.380 e. The van der Waals surface area contributed by atoms with Gasteiger partial charge in [-0.2, -0.15) is 0 Å². The van der Waals surface area contributed by atoms with E-state index in [1.165, 1.54) is 5.56 Å². The molecule has 0 heterocycles. The predicted molar refractivity (Wildman–Crippen MR) is 67.4 cm³/mol. The Balaban J connectivity index is 2.85. The molecule has 0 saturated heterocycles. The maximum Gasteiger partial charge on any atom is 0.129 e. The minimum atomic E-state index is -1.27. The lowest BCUT2D eigenvalue weighted by molar-refractivity contribution is 0.185. The Bertz CT molecular complexity index is 380. The van der Waals surface area contributed by atoms with E-state index in [0.717, 1.165) is 5.56 Å². The highest BCUT2D eigenvalue weighted by Gasteiger charge is 2.07. The number of ether oxygens (including phenoxy) is 1. The van der Waals surface area contributed by atoms with Crippen LogP contribution in [0, 0.1) is 11.5 Å². The first-order valence-electron chi connectivity index (χ1n) is 5.12. The summed E-state index contributed by atoms with van der Waals surface area (Å²) < 4.78 is 5.09. The van der Waals surface area contributed by atoms with Crippen LogP contribution in [-0.2, 0) is 11.3 Å². The van der Waals surface area contributed by atoms with Crippen LogP contribution in [0.15, 0.2) is 24.3 Å². The summed E-state index contributed by atoms with van der Waals surface area (Å²) in [6.07, 6.45) is 0. The minimum absolute atomic E-state index is 0.655. The average molecular weight is 218 g/mol. The van der Waals surface area contributed by atoms with Crippen molar-refractivity contribution >= 4 is 8.07 Å². The first-order valence-corrected chi connectivity index (χ1v) is 8.62. The summed E-state index contributed by atoms with van der Waals surface area (Å²) in [5, 5.41) is 0. The van der Waals surface area contributed by atoms with Gasteiger partial charge >= 0.3 is 0 Å². The molecule has 0 aliphatic rings. The van der Waals surface area contributed by atoms with E-state index in [2.05, 4.69) is 43.2 Å². The van der Waals surface area contributed by atoms with Crippen molar-refractivity contribution in [2.24, 2.45) is 0 Å². The molecule has 0 saturated carbocycles. The summed E-state index contributed by atoms with van der Waals surface area (Å²) in [7, 11) is 0.441. The summed E-state index contributed by atoms with van der Waals surface area (Å²) in [5.74, 6) is 3.24. The molecule has 1 aromatic rings. The largest absolute Gasteiger partial charge is 0.380 e. The Hall–Kier alpha value is -1.04. The van der Waals surface area contributed by atoms with Gasteiger partial charge in [-0.3, -0.25) is 0 Å². The average Bonchev–Trinajstić information content (AvgIpc) is 2.15. The van der Waals surface area contributed by atoms with Crippen LogP contribution in [-0.4, -0.2) is 15.2 Å². The first kappa shape index (κ1) is 12.0. The molecule has 0 radical (unpaired) electrons. The standard InChI is InChI=1S/C13H18OSi/c1-14-11-13-7-5-6-12(10-13)8-9-15(2,3)4/h5-7,10H,11H2,1-4H3. The molecule has 1 rings (SSSR count). The summed E-state index contributed by atoms with van der Waals surface area (Å²) >= 11 is 0. The molecule has 0 spiro atoms. The van der Waals surface area contributed by atoms with Gasteiger partial charge in [0.25, 0.3) is 0 Å².